The predicted octanol–water partition coefficient (Wildman–Crippen LogP) is 3.49. The molecule has 11 heavy (non-hydrogen) atoms. The van der Waals surface area contributed by atoms with E-state index in [2.05, 4.69) is 27.7 Å². The summed E-state index contributed by atoms with van der Waals surface area (Å²) in [7, 11) is 0. The van der Waals surface area contributed by atoms with Gasteiger partial charge in [0.15, 0.2) is 0 Å². The Labute approximate surface area is 70.3 Å². The van der Waals surface area contributed by atoms with Gasteiger partial charge in [-0.2, -0.15) is 0 Å². The Bertz CT molecular complexity index is 160. The molecule has 0 amide bonds. The molecular weight excluding hydrogens is 132 g/mol. The van der Waals surface area contributed by atoms with Crippen LogP contribution in [0, 0.1) is 12.8 Å². The maximum Gasteiger partial charge on any atom is -0.0238 e. The Morgan fingerprint density at radius 3 is 1.55 bits per heavy atom. The third-order valence-corrected chi connectivity index (χ3v) is 0.843. The summed E-state index contributed by atoms with van der Waals surface area (Å²) in [5.74, 6) is 1.42. The van der Waals surface area contributed by atoms with Crippen LogP contribution < -0.4 is 0 Å². The zero-order valence-corrected chi connectivity index (χ0v) is 7.59. The van der Waals surface area contributed by atoms with Gasteiger partial charge in [0.1, 0.15) is 0 Å². The number of benzene rings is 1. The van der Waals surface area contributed by atoms with E-state index in [1.54, 1.807) is 0 Å². The van der Waals surface area contributed by atoms with Crippen LogP contribution in [0.4, 0.5) is 0 Å². The second-order valence-corrected chi connectivity index (χ2v) is 2.99. The molecule has 0 saturated heterocycles. The van der Waals surface area contributed by atoms with E-state index in [9.17, 15) is 0 Å². The number of hydrogen-bond acceptors (Lipinski definition) is 0. The molecule has 0 fully saturated rings. The van der Waals surface area contributed by atoms with Crippen LogP contribution in [0.5, 0.6) is 0 Å². The van der Waals surface area contributed by atoms with Crippen molar-refractivity contribution < 1.29 is 0 Å². The minimum absolute atomic E-state index is 1.07. The van der Waals surface area contributed by atoms with Crippen LogP contribution in [0.2, 0.25) is 0 Å². The average molecular weight is 148 g/mol. The van der Waals surface area contributed by atoms with E-state index < -0.39 is 0 Å². The van der Waals surface area contributed by atoms with Crippen LogP contribution in [0.25, 0.3) is 0 Å². The van der Waals surface area contributed by atoms with Crippen molar-refractivity contribution in [3.05, 3.63) is 48.7 Å². The highest BCUT2D eigenvalue weighted by Gasteiger charge is 1.72. The molecule has 1 aromatic carbocycles. The Morgan fingerprint density at radius 1 is 1.00 bits per heavy atom. The first-order valence-corrected chi connectivity index (χ1v) is 3.76. The minimum Gasteiger partial charge on any atom is -0.0622 e. The van der Waals surface area contributed by atoms with E-state index in [4.69, 9.17) is 0 Å². The number of hydrogen-bond donors (Lipinski definition) is 0. The second kappa shape index (κ2) is 5.96. The smallest absolute Gasteiger partial charge is 0.0238 e. The first-order valence-electron chi connectivity index (χ1n) is 3.76. The zero-order valence-electron chi connectivity index (χ0n) is 7.59. The highest BCUT2D eigenvalue weighted by molar-refractivity contribution is 5.16. The monoisotopic (exact) mass is 148 g/mol. The molecule has 0 aliphatic carbocycles. The van der Waals surface area contributed by atoms with Gasteiger partial charge in [-0.3, -0.25) is 0 Å². The van der Waals surface area contributed by atoms with Gasteiger partial charge in [0.05, 0.1) is 0 Å². The molecule has 0 aromatic heterocycles. The molecule has 60 valence electrons. The van der Waals surface area contributed by atoms with Gasteiger partial charge in [-0.25, -0.2) is 0 Å². The third-order valence-electron chi connectivity index (χ3n) is 0.843. The molecule has 0 heteroatoms. The molecule has 1 aromatic rings. The lowest BCUT2D eigenvalue weighted by molar-refractivity contribution is 1.10. The Hall–Kier alpha value is -0.780. The lowest BCUT2D eigenvalue weighted by Gasteiger charge is -1.82. The first-order chi connectivity index (χ1) is 5.13. The van der Waals surface area contributed by atoms with Crippen molar-refractivity contribution >= 4 is 0 Å². The lowest BCUT2D eigenvalue weighted by Crippen LogP contribution is -1.62. The van der Waals surface area contributed by atoms with Gasteiger partial charge < -0.3 is 0 Å². The average Bonchev–Trinajstić information content (AvgIpc) is 1.87. The fourth-order valence-electron chi connectivity index (χ4n) is 0.478. The van der Waals surface area contributed by atoms with Gasteiger partial charge in [0.2, 0.25) is 0 Å². The van der Waals surface area contributed by atoms with E-state index in [0.717, 1.165) is 5.56 Å². The van der Waals surface area contributed by atoms with E-state index in [0.29, 0.717) is 0 Å². The molecule has 0 nitrogen and oxygen atoms in total. The quantitative estimate of drug-likeness (QED) is 0.528. The van der Waals surface area contributed by atoms with Crippen LogP contribution in [0.3, 0.4) is 0 Å². The Balaban J connectivity index is 0.000000218. The van der Waals surface area contributed by atoms with Crippen molar-refractivity contribution in [3.63, 3.8) is 0 Å². The van der Waals surface area contributed by atoms with Crippen LogP contribution in [0.15, 0.2) is 30.3 Å². The van der Waals surface area contributed by atoms with Crippen LogP contribution in [0.1, 0.15) is 26.3 Å². The van der Waals surface area contributed by atoms with Gasteiger partial charge in [0, 0.05) is 0 Å². The second-order valence-electron chi connectivity index (χ2n) is 2.99. The molecule has 0 aliphatic rings. The van der Waals surface area contributed by atoms with Gasteiger partial charge >= 0.3 is 0 Å². The minimum atomic E-state index is 1.07. The van der Waals surface area contributed by atoms with Gasteiger partial charge in [-0.15, -0.1) is 0 Å². The summed E-state index contributed by atoms with van der Waals surface area (Å²) in [5.41, 5.74) is 1.07. The SMILES string of the molecule is C[C](C)C.[CH2]c1ccccc1. The van der Waals surface area contributed by atoms with Crippen LogP contribution in [-0.4, -0.2) is 0 Å². The maximum absolute atomic E-state index is 3.72. The fourth-order valence-corrected chi connectivity index (χ4v) is 0.478. The zero-order chi connectivity index (χ0) is 8.69. The molecule has 0 atom stereocenters. The highest BCUT2D eigenvalue weighted by Crippen LogP contribution is 1.92. The largest absolute Gasteiger partial charge is 0.0622 e. The predicted molar refractivity (Wildman–Crippen MR) is 51.2 cm³/mol. The molecule has 0 spiro atoms. The summed E-state index contributed by atoms with van der Waals surface area (Å²) in [6.45, 7) is 9.97. The van der Waals surface area contributed by atoms with E-state index >= 15 is 0 Å². The van der Waals surface area contributed by atoms with Crippen molar-refractivity contribution in [1.82, 2.24) is 0 Å². The van der Waals surface area contributed by atoms with Crippen LogP contribution >= 0.6 is 0 Å². The lowest BCUT2D eigenvalue weighted by atomic mass is 10.2. The van der Waals surface area contributed by atoms with E-state index in [-0.39, 0.29) is 0 Å². The molecule has 1 rings (SSSR count). The van der Waals surface area contributed by atoms with Crippen molar-refractivity contribution in [2.24, 2.45) is 0 Å². The molecule has 0 saturated carbocycles. The molecule has 0 aliphatic heterocycles. The molecule has 0 unspecified atom stereocenters. The Kier molecular flexibility index (Phi) is 5.54. The molecule has 0 heterocycles. The summed E-state index contributed by atoms with van der Waals surface area (Å²) in [6, 6.07) is 9.87. The third kappa shape index (κ3) is 9.22. The van der Waals surface area contributed by atoms with Crippen molar-refractivity contribution in [2.75, 3.05) is 0 Å². The summed E-state index contributed by atoms with van der Waals surface area (Å²) < 4.78 is 0. The van der Waals surface area contributed by atoms with Crippen molar-refractivity contribution in [3.8, 4) is 0 Å². The summed E-state index contributed by atoms with van der Waals surface area (Å²) >= 11 is 0. The molecule has 0 bridgehead atoms. The molecule has 0 N–H and O–H groups in total. The maximum atomic E-state index is 3.72. The van der Waals surface area contributed by atoms with Crippen LogP contribution in [-0.2, 0) is 0 Å². The van der Waals surface area contributed by atoms with Gasteiger partial charge in [-0.05, 0) is 18.4 Å². The fraction of sp³-hybridized carbons (Fsp3) is 0.273. The van der Waals surface area contributed by atoms with E-state index in [1.165, 1.54) is 5.92 Å². The molecule has 2 radical (unpaired) electrons. The first kappa shape index (κ1) is 10.2. The highest BCUT2D eigenvalue weighted by atomic mass is 13.8. The van der Waals surface area contributed by atoms with Gasteiger partial charge in [0.25, 0.3) is 0 Å². The molecular formula is C11H16. The number of rotatable bonds is 0. The van der Waals surface area contributed by atoms with Gasteiger partial charge in [-0.1, -0.05) is 51.1 Å². The van der Waals surface area contributed by atoms with Crippen molar-refractivity contribution in [1.29, 1.82) is 0 Å². The topological polar surface area (TPSA) is 0 Å². The summed E-state index contributed by atoms with van der Waals surface area (Å²) in [6.07, 6.45) is 0. The normalized spacial score (nSPS) is 8.82. The van der Waals surface area contributed by atoms with E-state index in [1.807, 2.05) is 30.3 Å². The standard InChI is InChI=1S/C7H7.C4H9/c1-7-5-3-2-4-6-7;1-4(2)3/h2-6H,1H2;1-3H3. The summed E-state index contributed by atoms with van der Waals surface area (Å²) in [5, 5.41) is 0. The van der Waals surface area contributed by atoms with Crippen molar-refractivity contribution in [2.45, 2.75) is 20.8 Å². The Morgan fingerprint density at radius 2 is 1.36 bits per heavy atom. The summed E-state index contributed by atoms with van der Waals surface area (Å²) in [4.78, 5) is 0.